The first kappa shape index (κ1) is 12.5. The summed E-state index contributed by atoms with van der Waals surface area (Å²) in [4.78, 5) is 26.0. The molecule has 1 heterocycles. The summed E-state index contributed by atoms with van der Waals surface area (Å²) >= 11 is 6.00. The highest BCUT2D eigenvalue weighted by molar-refractivity contribution is 6.35. The van der Waals surface area contributed by atoms with Crippen molar-refractivity contribution < 1.29 is 5.21 Å². The summed E-state index contributed by atoms with van der Waals surface area (Å²) in [6.07, 6.45) is 0. The molecule has 1 aromatic heterocycles. The predicted octanol–water partition coefficient (Wildman–Crippen LogP) is 2.25. The van der Waals surface area contributed by atoms with E-state index in [0.29, 0.717) is 11.1 Å². The molecule has 0 atom stereocenters. The third-order valence-electron chi connectivity index (χ3n) is 3.07. The van der Waals surface area contributed by atoms with Crippen LogP contribution in [0.25, 0.3) is 22.0 Å². The fourth-order valence-corrected chi connectivity index (χ4v) is 2.37. The lowest BCUT2D eigenvalue weighted by Gasteiger charge is -2.08. The fraction of sp³-hybridized carbons (Fsp3) is 0. The van der Waals surface area contributed by atoms with E-state index in [2.05, 4.69) is 4.98 Å². The van der Waals surface area contributed by atoms with Crippen molar-refractivity contribution in [2.45, 2.75) is 0 Å². The lowest BCUT2D eigenvalue weighted by Crippen LogP contribution is -2.33. The molecule has 5 nitrogen and oxygen atoms in total. The van der Waals surface area contributed by atoms with Gasteiger partial charge in [0.05, 0.1) is 15.9 Å². The molecule has 3 aromatic rings. The van der Waals surface area contributed by atoms with Crippen molar-refractivity contribution in [3.05, 3.63) is 68.3 Å². The van der Waals surface area contributed by atoms with E-state index in [-0.39, 0.29) is 15.1 Å². The lowest BCUT2D eigenvalue weighted by atomic mass is 10.0. The normalized spacial score (nSPS) is 10.8. The molecular formula is C14H9ClN2O3. The van der Waals surface area contributed by atoms with Gasteiger partial charge >= 0.3 is 5.69 Å². The van der Waals surface area contributed by atoms with Gasteiger partial charge in [-0.2, -0.15) is 0 Å². The van der Waals surface area contributed by atoms with Gasteiger partial charge in [0.1, 0.15) is 0 Å². The average molecular weight is 289 g/mol. The molecule has 0 aliphatic heterocycles. The van der Waals surface area contributed by atoms with Crippen LogP contribution in [0.3, 0.4) is 0 Å². The van der Waals surface area contributed by atoms with Gasteiger partial charge in [-0.3, -0.25) is 4.79 Å². The van der Waals surface area contributed by atoms with Gasteiger partial charge in [0.2, 0.25) is 0 Å². The molecule has 0 aliphatic carbocycles. The summed E-state index contributed by atoms with van der Waals surface area (Å²) in [7, 11) is 0. The minimum absolute atomic E-state index is 0.0169. The monoisotopic (exact) mass is 288 g/mol. The zero-order valence-electron chi connectivity index (χ0n) is 10.1. The highest BCUT2D eigenvalue weighted by atomic mass is 35.5. The topological polar surface area (TPSA) is 75.1 Å². The van der Waals surface area contributed by atoms with Gasteiger partial charge in [0.25, 0.3) is 5.56 Å². The largest absolute Gasteiger partial charge is 0.421 e. The quantitative estimate of drug-likeness (QED) is 0.674. The lowest BCUT2D eigenvalue weighted by molar-refractivity contribution is 0.162. The first-order valence-electron chi connectivity index (χ1n) is 5.82. The maximum Gasteiger partial charge on any atom is 0.362 e. The van der Waals surface area contributed by atoms with Crippen molar-refractivity contribution in [2.24, 2.45) is 0 Å². The molecule has 2 N–H and O–H groups in total. The molecule has 0 spiro atoms. The van der Waals surface area contributed by atoms with Crippen LogP contribution in [0.4, 0.5) is 0 Å². The summed E-state index contributed by atoms with van der Waals surface area (Å²) in [6, 6.07) is 12.5. The molecule has 0 fully saturated rings. The Kier molecular flexibility index (Phi) is 2.84. The zero-order valence-corrected chi connectivity index (χ0v) is 10.9. The number of hydrogen-bond acceptors (Lipinski definition) is 3. The second-order valence-corrected chi connectivity index (χ2v) is 4.67. The van der Waals surface area contributed by atoms with E-state index in [9.17, 15) is 14.8 Å². The molecule has 20 heavy (non-hydrogen) atoms. The summed E-state index contributed by atoms with van der Waals surface area (Å²) in [6.45, 7) is 0. The van der Waals surface area contributed by atoms with Crippen LogP contribution in [-0.4, -0.2) is 14.9 Å². The van der Waals surface area contributed by atoms with Gasteiger partial charge in [0.15, 0.2) is 0 Å². The Bertz CT molecular complexity index is 913. The maximum absolute atomic E-state index is 12.0. The number of aromatic nitrogens is 2. The molecule has 0 saturated heterocycles. The Morgan fingerprint density at radius 3 is 2.45 bits per heavy atom. The first-order valence-corrected chi connectivity index (χ1v) is 6.19. The van der Waals surface area contributed by atoms with Crippen molar-refractivity contribution >= 4 is 22.5 Å². The summed E-state index contributed by atoms with van der Waals surface area (Å²) in [5.74, 6) is 0. The van der Waals surface area contributed by atoms with E-state index in [1.165, 1.54) is 0 Å². The van der Waals surface area contributed by atoms with Crippen LogP contribution in [0, 0.1) is 0 Å². The number of fused-ring (bicyclic) bond motifs is 1. The highest BCUT2D eigenvalue weighted by Crippen LogP contribution is 2.29. The van der Waals surface area contributed by atoms with Crippen LogP contribution in [0.2, 0.25) is 5.02 Å². The number of aromatic amines is 1. The molecule has 0 aliphatic rings. The van der Waals surface area contributed by atoms with Crippen LogP contribution >= 0.6 is 11.6 Å². The van der Waals surface area contributed by atoms with Crippen LogP contribution in [0.1, 0.15) is 0 Å². The Balaban J connectivity index is 2.51. The van der Waals surface area contributed by atoms with Crippen LogP contribution in [0.15, 0.2) is 52.1 Å². The number of rotatable bonds is 1. The molecule has 2 aromatic carbocycles. The molecule has 3 rings (SSSR count). The second kappa shape index (κ2) is 4.54. The Hall–Kier alpha value is -2.53. The van der Waals surface area contributed by atoms with Crippen molar-refractivity contribution in [3.63, 3.8) is 0 Å². The molecule has 0 amide bonds. The van der Waals surface area contributed by atoms with Crippen molar-refractivity contribution in [2.75, 3.05) is 0 Å². The average Bonchev–Trinajstić information content (AvgIpc) is 2.46. The second-order valence-electron chi connectivity index (χ2n) is 4.26. The predicted molar refractivity (Wildman–Crippen MR) is 76.5 cm³/mol. The van der Waals surface area contributed by atoms with E-state index in [0.717, 1.165) is 5.56 Å². The number of H-pyrrole nitrogens is 1. The van der Waals surface area contributed by atoms with Gasteiger partial charge in [0, 0.05) is 5.56 Å². The molecule has 6 heteroatoms. The highest BCUT2D eigenvalue weighted by Gasteiger charge is 2.14. The number of benzene rings is 2. The van der Waals surface area contributed by atoms with Crippen molar-refractivity contribution in [1.29, 1.82) is 0 Å². The Morgan fingerprint density at radius 2 is 1.75 bits per heavy atom. The Morgan fingerprint density at radius 1 is 1.05 bits per heavy atom. The maximum atomic E-state index is 12.0. The van der Waals surface area contributed by atoms with Crippen LogP contribution in [0.5, 0.6) is 0 Å². The summed E-state index contributed by atoms with van der Waals surface area (Å²) < 4.78 is 0.0169. The third kappa shape index (κ3) is 1.80. The summed E-state index contributed by atoms with van der Waals surface area (Å²) in [5, 5.41) is 9.64. The fourth-order valence-electron chi connectivity index (χ4n) is 2.13. The standard InChI is InChI=1S/C14H9ClN2O3/c15-10-7-6-9(8-4-2-1-3-5-8)12-11(10)13(18)17(20)14(19)16-12/h1-7,20H,(H,16,19). The number of nitrogens with zero attached hydrogens (tertiary/aromatic N) is 1. The van der Waals surface area contributed by atoms with Gasteiger partial charge in [-0.15, -0.1) is 0 Å². The smallest absolute Gasteiger partial charge is 0.362 e. The van der Waals surface area contributed by atoms with Crippen LogP contribution < -0.4 is 11.2 Å². The molecule has 0 saturated carbocycles. The van der Waals surface area contributed by atoms with E-state index in [1.54, 1.807) is 12.1 Å². The third-order valence-corrected chi connectivity index (χ3v) is 3.38. The SMILES string of the molecule is O=c1[nH]c2c(-c3ccccc3)ccc(Cl)c2c(=O)n1O. The van der Waals surface area contributed by atoms with E-state index in [1.807, 2.05) is 30.3 Å². The van der Waals surface area contributed by atoms with E-state index < -0.39 is 11.2 Å². The minimum atomic E-state index is -0.901. The number of halogens is 1. The number of hydrogen-bond donors (Lipinski definition) is 2. The molecule has 100 valence electrons. The molecule has 0 radical (unpaired) electrons. The minimum Gasteiger partial charge on any atom is -0.421 e. The van der Waals surface area contributed by atoms with E-state index >= 15 is 0 Å². The number of nitrogens with one attached hydrogen (secondary N) is 1. The van der Waals surface area contributed by atoms with Gasteiger partial charge < -0.3 is 10.2 Å². The Labute approximate surface area is 117 Å². The van der Waals surface area contributed by atoms with Gasteiger partial charge in [-0.25, -0.2) is 4.79 Å². The first-order chi connectivity index (χ1) is 9.59. The van der Waals surface area contributed by atoms with Crippen molar-refractivity contribution in [3.8, 4) is 11.1 Å². The zero-order chi connectivity index (χ0) is 14.3. The molecule has 0 unspecified atom stereocenters. The van der Waals surface area contributed by atoms with E-state index in [4.69, 9.17) is 11.6 Å². The summed E-state index contributed by atoms with van der Waals surface area (Å²) in [5.41, 5.74) is 0.0668. The van der Waals surface area contributed by atoms with Gasteiger partial charge in [-0.05, 0) is 11.6 Å². The molecular weight excluding hydrogens is 280 g/mol. The van der Waals surface area contributed by atoms with Crippen molar-refractivity contribution in [1.82, 2.24) is 9.71 Å². The molecule has 0 bridgehead atoms. The van der Waals surface area contributed by atoms with Crippen LogP contribution in [-0.2, 0) is 0 Å². The van der Waals surface area contributed by atoms with Gasteiger partial charge in [-0.1, -0.05) is 52.7 Å².